The van der Waals surface area contributed by atoms with Crippen LogP contribution in [0.2, 0.25) is 0 Å². The third-order valence-corrected chi connectivity index (χ3v) is 14.0. The molecule has 8 aromatic carbocycles. The molecule has 62 heavy (non-hydrogen) atoms. The van der Waals surface area contributed by atoms with Crippen molar-refractivity contribution in [3.63, 3.8) is 0 Å². The Balaban J connectivity index is 1.19. The predicted molar refractivity (Wildman–Crippen MR) is 259 cm³/mol. The molecule has 0 saturated heterocycles. The summed E-state index contributed by atoms with van der Waals surface area (Å²) >= 11 is 0. The van der Waals surface area contributed by atoms with Crippen molar-refractivity contribution in [1.29, 1.82) is 0 Å². The molecule has 0 bridgehead atoms. The van der Waals surface area contributed by atoms with E-state index in [0.29, 0.717) is 0 Å². The minimum Gasteiger partial charge on any atom is -0.314 e. The van der Waals surface area contributed by atoms with Crippen molar-refractivity contribution >= 4 is 16.9 Å². The van der Waals surface area contributed by atoms with Crippen molar-refractivity contribution in [2.45, 2.75) is 50.4 Å². The monoisotopic (exact) mass is 797 g/mol. The van der Waals surface area contributed by atoms with Crippen LogP contribution in [0, 0.1) is 5.92 Å². The largest absolute Gasteiger partial charge is 0.314 e. The van der Waals surface area contributed by atoms with Crippen LogP contribution in [0.3, 0.4) is 0 Å². The summed E-state index contributed by atoms with van der Waals surface area (Å²) in [4.78, 5) is 2.53. The topological polar surface area (TPSA) is 3.24 Å². The van der Waals surface area contributed by atoms with Gasteiger partial charge in [-0.1, -0.05) is 216 Å². The summed E-state index contributed by atoms with van der Waals surface area (Å²) in [5.41, 5.74) is 19.7. The first-order valence-electron chi connectivity index (χ1n) is 22.2. The Morgan fingerprint density at radius 3 is 1.65 bits per heavy atom. The van der Waals surface area contributed by atoms with Crippen LogP contribution in [-0.2, 0) is 16.2 Å². The van der Waals surface area contributed by atoms with E-state index in [4.69, 9.17) is 0 Å². The molecule has 0 amide bonds. The normalized spacial score (nSPS) is 19.7. The molecule has 11 rings (SSSR count). The van der Waals surface area contributed by atoms with Gasteiger partial charge in [-0.2, -0.15) is 0 Å². The van der Waals surface area contributed by atoms with Gasteiger partial charge in [-0.05, 0) is 115 Å². The second kappa shape index (κ2) is 14.6. The lowest BCUT2D eigenvalue weighted by molar-refractivity contribution is 0.590. The van der Waals surface area contributed by atoms with Gasteiger partial charge in [-0.3, -0.25) is 0 Å². The summed E-state index contributed by atoms with van der Waals surface area (Å²) in [5.74, 6) is 0.280. The van der Waals surface area contributed by atoms with Crippen molar-refractivity contribution in [2.24, 2.45) is 5.92 Å². The van der Waals surface area contributed by atoms with Gasteiger partial charge in [0.15, 0.2) is 0 Å². The highest BCUT2D eigenvalue weighted by molar-refractivity contribution is 5.92. The molecule has 3 aliphatic rings. The number of allylic oxidation sites excluding steroid dienone is 4. The molecule has 0 saturated carbocycles. The van der Waals surface area contributed by atoms with Gasteiger partial charge in [0.25, 0.3) is 0 Å². The minimum absolute atomic E-state index is 0.0506. The fourth-order valence-corrected chi connectivity index (χ4v) is 11.3. The molecule has 1 heteroatoms. The average molecular weight is 798 g/mol. The zero-order valence-corrected chi connectivity index (χ0v) is 36.0. The van der Waals surface area contributed by atoms with Crippen LogP contribution in [0.15, 0.2) is 224 Å². The predicted octanol–water partition coefficient (Wildman–Crippen LogP) is 15.2. The number of hydrogen-bond acceptors (Lipinski definition) is 1. The fraction of sp³-hybridized carbons (Fsp3) is 0.148. The maximum Gasteiger partial charge on any atom is 0.0720 e. The molecule has 0 heterocycles. The molecule has 300 valence electrons. The Labute approximate surface area is 367 Å². The van der Waals surface area contributed by atoms with Crippen LogP contribution >= 0.6 is 0 Å². The Morgan fingerprint density at radius 2 is 0.984 bits per heavy atom. The van der Waals surface area contributed by atoms with E-state index >= 15 is 0 Å². The summed E-state index contributed by atoms with van der Waals surface area (Å²) in [6.07, 6.45) is 5.69. The molecule has 3 atom stereocenters. The van der Waals surface area contributed by atoms with Gasteiger partial charge in [0.2, 0.25) is 0 Å². The van der Waals surface area contributed by atoms with E-state index in [2.05, 4.69) is 251 Å². The smallest absolute Gasteiger partial charge is 0.0720 e. The van der Waals surface area contributed by atoms with Crippen molar-refractivity contribution in [1.82, 2.24) is 0 Å². The van der Waals surface area contributed by atoms with Gasteiger partial charge >= 0.3 is 0 Å². The highest BCUT2D eigenvalue weighted by Gasteiger charge is 2.57. The summed E-state index contributed by atoms with van der Waals surface area (Å²) < 4.78 is 0. The van der Waals surface area contributed by atoms with Crippen molar-refractivity contribution in [2.75, 3.05) is 4.90 Å². The molecule has 0 N–H and O–H groups in total. The highest BCUT2D eigenvalue weighted by atomic mass is 15.2. The van der Waals surface area contributed by atoms with Crippen LogP contribution in [0.25, 0.3) is 16.7 Å². The van der Waals surface area contributed by atoms with Gasteiger partial charge < -0.3 is 4.90 Å². The number of benzene rings is 8. The van der Waals surface area contributed by atoms with Crippen LogP contribution in [0.1, 0.15) is 89.8 Å². The first kappa shape index (κ1) is 38.0. The maximum atomic E-state index is 2.53. The molecule has 0 aliphatic heterocycles. The minimum atomic E-state index is -0.631. The SMILES string of the molecule is CC1CC(c2ccccc2)=CC=C1N(c1ccc(C(C)(C)C)cc1)c1cccc(C2(c3ccccc3)c3ccccc3C3(c4ccccc4)c4ccccc4-c4cccc2c43)c1. The van der Waals surface area contributed by atoms with Gasteiger partial charge in [0, 0.05) is 23.0 Å². The quantitative estimate of drug-likeness (QED) is 0.155. The summed E-state index contributed by atoms with van der Waals surface area (Å²) in [6.45, 7) is 9.27. The van der Waals surface area contributed by atoms with E-state index < -0.39 is 10.8 Å². The van der Waals surface area contributed by atoms with E-state index in [1.54, 1.807) is 0 Å². The number of rotatable bonds is 7. The molecule has 1 nitrogen and oxygen atoms in total. The number of anilines is 2. The third-order valence-electron chi connectivity index (χ3n) is 14.0. The van der Waals surface area contributed by atoms with Crippen molar-refractivity contribution in [3.8, 4) is 11.1 Å². The van der Waals surface area contributed by atoms with E-state index in [1.165, 1.54) is 83.7 Å². The lowest BCUT2D eigenvalue weighted by Gasteiger charge is -2.49. The Kier molecular flexibility index (Phi) is 8.95. The zero-order valence-electron chi connectivity index (χ0n) is 36.0. The molecule has 3 aliphatic carbocycles. The van der Waals surface area contributed by atoms with Crippen LogP contribution in [0.5, 0.6) is 0 Å². The van der Waals surface area contributed by atoms with Gasteiger partial charge in [-0.25, -0.2) is 0 Å². The average Bonchev–Trinajstić information content (AvgIpc) is 3.63. The van der Waals surface area contributed by atoms with Gasteiger partial charge in [0.05, 0.1) is 10.8 Å². The second-order valence-corrected chi connectivity index (χ2v) is 18.5. The number of fused-ring (bicyclic) bond motifs is 5. The summed E-state index contributed by atoms with van der Waals surface area (Å²) in [6, 6.07) is 77.8. The van der Waals surface area contributed by atoms with Crippen molar-refractivity contribution in [3.05, 3.63) is 280 Å². The van der Waals surface area contributed by atoms with Crippen LogP contribution in [-0.4, -0.2) is 0 Å². The first-order chi connectivity index (χ1) is 30.3. The summed E-state index contributed by atoms with van der Waals surface area (Å²) in [7, 11) is 0. The van der Waals surface area contributed by atoms with Gasteiger partial charge in [0.1, 0.15) is 0 Å². The van der Waals surface area contributed by atoms with E-state index in [-0.39, 0.29) is 11.3 Å². The number of nitrogens with zero attached hydrogens (tertiary/aromatic N) is 1. The van der Waals surface area contributed by atoms with E-state index in [9.17, 15) is 0 Å². The zero-order chi connectivity index (χ0) is 42.1. The van der Waals surface area contributed by atoms with E-state index in [0.717, 1.165) is 12.1 Å². The maximum absolute atomic E-state index is 2.53. The molecule has 3 unspecified atom stereocenters. The fourth-order valence-electron chi connectivity index (χ4n) is 11.3. The molecular formula is C61H51N. The lowest BCUT2D eigenvalue weighted by Crippen LogP contribution is -2.44. The molecule has 8 aromatic rings. The summed E-state index contributed by atoms with van der Waals surface area (Å²) in [5, 5.41) is 0. The highest BCUT2D eigenvalue weighted by Crippen LogP contribution is 2.66. The molecule has 0 fully saturated rings. The standard InChI is InChI=1S/C61H51N/c1-42-40-44(43-20-8-5-9-21-43)34-39-57(42)62(49-37-35-45(36-38-49)59(2,3)4)50-27-18-26-48(41-50)60(46-22-10-6-11-23-46)54-31-16-17-32-55(54)61(47-24-12-7-13-25-47)53-30-15-14-28-51(53)52-29-19-33-56(60)58(52)61/h5-39,41-42H,40H2,1-4H3. The van der Waals surface area contributed by atoms with Crippen LogP contribution in [0.4, 0.5) is 11.4 Å². The Hall–Kier alpha value is -6.96. The molecular weight excluding hydrogens is 747 g/mol. The van der Waals surface area contributed by atoms with Crippen molar-refractivity contribution < 1.29 is 0 Å². The first-order valence-corrected chi connectivity index (χ1v) is 22.2. The molecule has 0 radical (unpaired) electrons. The van der Waals surface area contributed by atoms with Gasteiger partial charge in [-0.15, -0.1) is 0 Å². The molecule has 0 aromatic heterocycles. The van der Waals surface area contributed by atoms with E-state index in [1.807, 2.05) is 0 Å². The van der Waals surface area contributed by atoms with Crippen LogP contribution < -0.4 is 4.90 Å². The second-order valence-electron chi connectivity index (χ2n) is 18.5. The lowest BCUT2D eigenvalue weighted by atomic mass is 9.51. The molecule has 0 spiro atoms. The Bertz CT molecular complexity index is 3020. The number of hydrogen-bond donors (Lipinski definition) is 0. The third kappa shape index (κ3) is 5.61. The Morgan fingerprint density at radius 1 is 0.452 bits per heavy atom.